The van der Waals surface area contributed by atoms with Crippen LogP contribution in [0, 0.1) is 0 Å². The maximum Gasteiger partial charge on any atom is 0.433 e. The van der Waals surface area contributed by atoms with Gasteiger partial charge in [-0.25, -0.2) is 9.97 Å². The predicted octanol–water partition coefficient (Wildman–Crippen LogP) is 2.60. The van der Waals surface area contributed by atoms with Crippen molar-refractivity contribution >= 4 is 17.4 Å². The smallest absolute Gasteiger partial charge is 0.383 e. The molecule has 17 heavy (non-hydrogen) atoms. The van der Waals surface area contributed by atoms with Crippen LogP contribution >= 0.6 is 11.6 Å². The van der Waals surface area contributed by atoms with Gasteiger partial charge in [0, 0.05) is 19.2 Å². The number of nitrogens with zero attached hydrogens (tertiary/aromatic N) is 2. The van der Waals surface area contributed by atoms with Crippen LogP contribution in [0.1, 0.15) is 12.6 Å². The first kappa shape index (κ1) is 14.0. The minimum atomic E-state index is -4.55. The molecule has 0 aliphatic heterocycles. The summed E-state index contributed by atoms with van der Waals surface area (Å²) in [6, 6.07) is 0.616. The van der Waals surface area contributed by atoms with E-state index in [1.54, 1.807) is 6.92 Å². The molecule has 1 aromatic heterocycles. The molecular formula is C9H11ClF3N3O. The fourth-order valence-electron chi connectivity index (χ4n) is 1.18. The normalized spacial score (nSPS) is 13.5. The van der Waals surface area contributed by atoms with E-state index in [4.69, 9.17) is 16.3 Å². The number of nitrogens with one attached hydrogen (secondary N) is 1. The van der Waals surface area contributed by atoms with Crippen molar-refractivity contribution in [2.45, 2.75) is 19.1 Å². The lowest BCUT2D eigenvalue weighted by atomic mass is 10.3. The molecular weight excluding hydrogens is 259 g/mol. The molecule has 1 N–H and O–H groups in total. The Balaban J connectivity index is 2.90. The summed E-state index contributed by atoms with van der Waals surface area (Å²) in [4.78, 5) is 6.77. The second-order valence-corrected chi connectivity index (χ2v) is 3.74. The Labute approximate surface area is 101 Å². The van der Waals surface area contributed by atoms with Crippen LogP contribution < -0.4 is 5.32 Å². The van der Waals surface area contributed by atoms with E-state index in [-0.39, 0.29) is 11.9 Å². The quantitative estimate of drug-likeness (QED) is 0.854. The molecule has 0 bridgehead atoms. The Hall–Kier alpha value is -1.08. The van der Waals surface area contributed by atoms with E-state index in [1.807, 2.05) is 0 Å². The van der Waals surface area contributed by atoms with Gasteiger partial charge in [-0.3, -0.25) is 0 Å². The monoisotopic (exact) mass is 269 g/mol. The second-order valence-electron chi connectivity index (χ2n) is 3.41. The average molecular weight is 270 g/mol. The molecule has 96 valence electrons. The average Bonchev–Trinajstić information content (AvgIpc) is 2.15. The zero-order valence-corrected chi connectivity index (χ0v) is 9.93. The molecule has 1 atom stereocenters. The molecule has 0 saturated heterocycles. The lowest BCUT2D eigenvalue weighted by Gasteiger charge is -2.14. The molecule has 0 fully saturated rings. The summed E-state index contributed by atoms with van der Waals surface area (Å²) in [5, 5.41) is 2.28. The van der Waals surface area contributed by atoms with Crippen LogP contribution in [-0.4, -0.2) is 29.7 Å². The Bertz CT molecular complexity index is 386. The molecule has 1 unspecified atom stereocenters. The van der Waals surface area contributed by atoms with E-state index in [9.17, 15) is 13.2 Å². The van der Waals surface area contributed by atoms with E-state index in [0.717, 1.165) is 6.07 Å². The molecule has 0 spiro atoms. The maximum atomic E-state index is 12.4. The van der Waals surface area contributed by atoms with Crippen molar-refractivity contribution in [3.05, 3.63) is 17.0 Å². The van der Waals surface area contributed by atoms with Crippen LogP contribution in [0.5, 0.6) is 0 Å². The van der Waals surface area contributed by atoms with Crippen LogP contribution in [-0.2, 0) is 10.9 Å². The van der Waals surface area contributed by atoms with E-state index in [1.165, 1.54) is 7.11 Å². The maximum absolute atomic E-state index is 12.4. The molecule has 0 saturated carbocycles. The third-order valence-corrected chi connectivity index (χ3v) is 1.97. The van der Waals surface area contributed by atoms with Gasteiger partial charge in [0.2, 0.25) is 5.28 Å². The van der Waals surface area contributed by atoms with Crippen molar-refractivity contribution in [1.82, 2.24) is 9.97 Å². The van der Waals surface area contributed by atoms with Crippen LogP contribution in [0.2, 0.25) is 5.28 Å². The standard InChI is InChI=1S/C9H11ClF3N3O/c1-5(4-17-2)14-7-3-6(9(11,12)13)15-8(10)16-7/h3,5H,4H2,1-2H3,(H,14,15,16). The van der Waals surface area contributed by atoms with Gasteiger partial charge in [-0.1, -0.05) is 0 Å². The topological polar surface area (TPSA) is 47.0 Å². The largest absolute Gasteiger partial charge is 0.433 e. The summed E-state index contributed by atoms with van der Waals surface area (Å²) in [6.07, 6.45) is -4.55. The molecule has 1 rings (SSSR count). The van der Waals surface area contributed by atoms with Gasteiger partial charge >= 0.3 is 6.18 Å². The zero-order valence-electron chi connectivity index (χ0n) is 9.18. The van der Waals surface area contributed by atoms with Gasteiger partial charge in [0.15, 0.2) is 5.69 Å². The number of hydrogen-bond donors (Lipinski definition) is 1. The van der Waals surface area contributed by atoms with E-state index in [2.05, 4.69) is 15.3 Å². The highest BCUT2D eigenvalue weighted by Gasteiger charge is 2.33. The van der Waals surface area contributed by atoms with Crippen molar-refractivity contribution in [2.75, 3.05) is 19.0 Å². The second kappa shape index (κ2) is 5.50. The first-order valence-corrected chi connectivity index (χ1v) is 5.08. The molecule has 0 radical (unpaired) electrons. The molecule has 1 heterocycles. The molecule has 0 aromatic carbocycles. The minimum absolute atomic E-state index is 0.0156. The Kier molecular flexibility index (Phi) is 4.53. The fourth-order valence-corrected chi connectivity index (χ4v) is 1.36. The van der Waals surface area contributed by atoms with Crippen LogP contribution in [0.25, 0.3) is 0 Å². The summed E-state index contributed by atoms with van der Waals surface area (Å²) in [6.45, 7) is 2.08. The number of aromatic nitrogens is 2. The van der Waals surface area contributed by atoms with Gasteiger partial charge in [0.25, 0.3) is 0 Å². The first-order chi connectivity index (χ1) is 7.82. The van der Waals surface area contributed by atoms with Crippen molar-refractivity contribution in [3.8, 4) is 0 Å². The van der Waals surface area contributed by atoms with Gasteiger partial charge in [-0.2, -0.15) is 13.2 Å². The van der Waals surface area contributed by atoms with Crippen molar-refractivity contribution < 1.29 is 17.9 Å². The van der Waals surface area contributed by atoms with Crippen molar-refractivity contribution in [1.29, 1.82) is 0 Å². The highest BCUT2D eigenvalue weighted by molar-refractivity contribution is 6.28. The summed E-state index contributed by atoms with van der Waals surface area (Å²) in [7, 11) is 1.49. The highest BCUT2D eigenvalue weighted by Crippen LogP contribution is 2.29. The lowest BCUT2D eigenvalue weighted by molar-refractivity contribution is -0.141. The highest BCUT2D eigenvalue weighted by atomic mass is 35.5. The first-order valence-electron chi connectivity index (χ1n) is 4.70. The number of halogens is 4. The van der Waals surface area contributed by atoms with Gasteiger partial charge < -0.3 is 10.1 Å². The summed E-state index contributed by atoms with van der Waals surface area (Å²) < 4.78 is 42.1. The fraction of sp³-hybridized carbons (Fsp3) is 0.556. The van der Waals surface area contributed by atoms with Crippen LogP contribution in [0.15, 0.2) is 6.07 Å². The predicted molar refractivity (Wildman–Crippen MR) is 57.0 cm³/mol. The van der Waals surface area contributed by atoms with Gasteiger partial charge in [0.05, 0.1) is 6.61 Å². The number of hydrogen-bond acceptors (Lipinski definition) is 4. The molecule has 1 aromatic rings. The van der Waals surface area contributed by atoms with Crippen LogP contribution in [0.3, 0.4) is 0 Å². The minimum Gasteiger partial charge on any atom is -0.383 e. The molecule has 0 aliphatic carbocycles. The molecule has 8 heteroatoms. The van der Waals surface area contributed by atoms with Crippen molar-refractivity contribution in [2.24, 2.45) is 0 Å². The SMILES string of the molecule is COCC(C)Nc1cc(C(F)(F)F)nc(Cl)n1. The summed E-state index contributed by atoms with van der Waals surface area (Å²) in [5.74, 6) is 0.0156. The third kappa shape index (κ3) is 4.35. The zero-order chi connectivity index (χ0) is 13.1. The van der Waals surface area contributed by atoms with Crippen molar-refractivity contribution in [3.63, 3.8) is 0 Å². The number of methoxy groups -OCH3 is 1. The van der Waals surface area contributed by atoms with Gasteiger partial charge in [-0.05, 0) is 18.5 Å². The lowest BCUT2D eigenvalue weighted by Crippen LogP contribution is -2.22. The van der Waals surface area contributed by atoms with Gasteiger partial charge in [0.1, 0.15) is 5.82 Å². The van der Waals surface area contributed by atoms with E-state index in [0.29, 0.717) is 6.61 Å². The number of ether oxygens (including phenoxy) is 1. The Morgan fingerprint density at radius 2 is 2.12 bits per heavy atom. The number of rotatable bonds is 4. The van der Waals surface area contributed by atoms with Crippen LogP contribution in [0.4, 0.5) is 19.0 Å². The molecule has 4 nitrogen and oxygen atoms in total. The molecule has 0 amide bonds. The van der Waals surface area contributed by atoms with Gasteiger partial charge in [-0.15, -0.1) is 0 Å². The number of anilines is 1. The Morgan fingerprint density at radius 3 is 2.65 bits per heavy atom. The molecule has 0 aliphatic rings. The van der Waals surface area contributed by atoms with E-state index >= 15 is 0 Å². The third-order valence-electron chi connectivity index (χ3n) is 1.80. The Morgan fingerprint density at radius 1 is 1.47 bits per heavy atom. The van der Waals surface area contributed by atoms with E-state index < -0.39 is 17.2 Å². The number of alkyl halides is 3. The summed E-state index contributed by atoms with van der Waals surface area (Å²) >= 11 is 5.42. The summed E-state index contributed by atoms with van der Waals surface area (Å²) in [5.41, 5.74) is -1.08.